The molecular weight excluding hydrogens is 176 g/mol. The predicted molar refractivity (Wildman–Crippen MR) is 56.9 cm³/mol. The molecule has 0 saturated carbocycles. The molecule has 0 aromatic carbocycles. The first-order chi connectivity index (χ1) is 6.40. The average Bonchev–Trinajstić information content (AvgIpc) is 2.11. The highest BCUT2D eigenvalue weighted by Crippen LogP contribution is 2.43. The Morgan fingerprint density at radius 3 is 2.50 bits per heavy atom. The number of hydrogen-bond donors (Lipinski definition) is 0. The van der Waals surface area contributed by atoms with E-state index in [1.165, 1.54) is 18.3 Å². The molecule has 0 spiro atoms. The SMILES string of the molecule is COC(=O)C1C(C)=C(C)CCC1(C)C. The highest BCUT2D eigenvalue weighted by molar-refractivity contribution is 5.77. The summed E-state index contributed by atoms with van der Waals surface area (Å²) in [7, 11) is 1.47. The van der Waals surface area contributed by atoms with Crippen LogP contribution in [0.3, 0.4) is 0 Å². The maximum atomic E-state index is 11.7. The van der Waals surface area contributed by atoms with Crippen LogP contribution >= 0.6 is 0 Å². The molecule has 1 aliphatic carbocycles. The van der Waals surface area contributed by atoms with Crippen LogP contribution in [-0.2, 0) is 9.53 Å². The zero-order valence-corrected chi connectivity index (χ0v) is 9.81. The number of carbonyl (C=O) groups is 1. The second-order valence-electron chi connectivity index (χ2n) is 4.91. The summed E-state index contributed by atoms with van der Waals surface area (Å²) in [6.07, 6.45) is 2.17. The van der Waals surface area contributed by atoms with Crippen molar-refractivity contribution in [2.24, 2.45) is 11.3 Å². The van der Waals surface area contributed by atoms with E-state index in [1.54, 1.807) is 0 Å². The monoisotopic (exact) mass is 196 g/mol. The van der Waals surface area contributed by atoms with Gasteiger partial charge in [-0.2, -0.15) is 0 Å². The van der Waals surface area contributed by atoms with Gasteiger partial charge in [0, 0.05) is 0 Å². The first-order valence-corrected chi connectivity index (χ1v) is 5.14. The van der Waals surface area contributed by atoms with Crippen molar-refractivity contribution in [2.45, 2.75) is 40.5 Å². The number of methoxy groups -OCH3 is 1. The van der Waals surface area contributed by atoms with Gasteiger partial charge in [-0.3, -0.25) is 4.79 Å². The molecule has 1 aliphatic rings. The summed E-state index contributed by atoms with van der Waals surface area (Å²) in [5.74, 6) is -0.146. The van der Waals surface area contributed by atoms with Crippen LogP contribution in [0.25, 0.3) is 0 Å². The lowest BCUT2D eigenvalue weighted by atomic mass is 9.67. The molecule has 0 saturated heterocycles. The van der Waals surface area contributed by atoms with Crippen molar-refractivity contribution in [1.82, 2.24) is 0 Å². The number of ether oxygens (including phenoxy) is 1. The van der Waals surface area contributed by atoms with Crippen molar-refractivity contribution < 1.29 is 9.53 Å². The molecule has 0 heterocycles. The summed E-state index contributed by atoms with van der Waals surface area (Å²) in [6.45, 7) is 8.45. The topological polar surface area (TPSA) is 26.3 Å². The number of rotatable bonds is 1. The summed E-state index contributed by atoms with van der Waals surface area (Å²) >= 11 is 0. The Morgan fingerprint density at radius 1 is 1.43 bits per heavy atom. The molecule has 0 amide bonds. The minimum Gasteiger partial charge on any atom is -0.469 e. The van der Waals surface area contributed by atoms with Crippen molar-refractivity contribution in [2.75, 3.05) is 7.11 Å². The Hall–Kier alpha value is -0.790. The number of carbonyl (C=O) groups excluding carboxylic acids is 1. The van der Waals surface area contributed by atoms with Gasteiger partial charge in [0.05, 0.1) is 13.0 Å². The molecule has 0 aromatic heterocycles. The van der Waals surface area contributed by atoms with Crippen LogP contribution in [0.5, 0.6) is 0 Å². The van der Waals surface area contributed by atoms with E-state index in [1.807, 2.05) is 0 Å². The zero-order chi connectivity index (χ0) is 10.9. The van der Waals surface area contributed by atoms with Gasteiger partial charge in [0.15, 0.2) is 0 Å². The molecule has 1 atom stereocenters. The Balaban J connectivity index is 3.06. The molecule has 2 nitrogen and oxygen atoms in total. The zero-order valence-electron chi connectivity index (χ0n) is 9.81. The predicted octanol–water partition coefficient (Wildman–Crippen LogP) is 2.93. The lowest BCUT2D eigenvalue weighted by molar-refractivity contribution is -0.148. The number of esters is 1. The van der Waals surface area contributed by atoms with Gasteiger partial charge in [-0.15, -0.1) is 0 Å². The molecule has 14 heavy (non-hydrogen) atoms. The lowest BCUT2D eigenvalue weighted by Crippen LogP contribution is -2.36. The second-order valence-corrected chi connectivity index (χ2v) is 4.91. The van der Waals surface area contributed by atoms with Crippen molar-refractivity contribution in [3.05, 3.63) is 11.1 Å². The van der Waals surface area contributed by atoms with E-state index in [0.29, 0.717) is 0 Å². The molecule has 0 radical (unpaired) electrons. The number of hydrogen-bond acceptors (Lipinski definition) is 2. The fraction of sp³-hybridized carbons (Fsp3) is 0.750. The maximum absolute atomic E-state index is 11.7. The summed E-state index contributed by atoms with van der Waals surface area (Å²) < 4.78 is 4.87. The Bertz CT molecular complexity index is 274. The van der Waals surface area contributed by atoms with Crippen LogP contribution in [0.15, 0.2) is 11.1 Å². The van der Waals surface area contributed by atoms with E-state index in [2.05, 4.69) is 27.7 Å². The lowest BCUT2D eigenvalue weighted by Gasteiger charge is -2.38. The molecule has 0 fully saturated rings. The van der Waals surface area contributed by atoms with Gasteiger partial charge in [0.2, 0.25) is 0 Å². The first kappa shape index (κ1) is 11.3. The minimum atomic E-state index is -0.0912. The summed E-state index contributed by atoms with van der Waals surface area (Å²) in [5.41, 5.74) is 2.59. The fourth-order valence-electron chi connectivity index (χ4n) is 2.30. The van der Waals surface area contributed by atoms with E-state index in [9.17, 15) is 4.79 Å². The van der Waals surface area contributed by atoms with Crippen LogP contribution in [0, 0.1) is 11.3 Å². The van der Waals surface area contributed by atoms with Gasteiger partial charge in [0.1, 0.15) is 0 Å². The molecule has 1 rings (SSSR count). The molecule has 0 N–H and O–H groups in total. The average molecular weight is 196 g/mol. The standard InChI is InChI=1S/C12H20O2/c1-8-6-7-12(3,4)10(9(8)2)11(13)14-5/h10H,6-7H2,1-5H3. The van der Waals surface area contributed by atoms with Gasteiger partial charge in [-0.1, -0.05) is 25.0 Å². The van der Waals surface area contributed by atoms with Crippen molar-refractivity contribution in [3.8, 4) is 0 Å². The largest absolute Gasteiger partial charge is 0.469 e. The van der Waals surface area contributed by atoms with Gasteiger partial charge >= 0.3 is 5.97 Å². The molecule has 0 aromatic rings. The van der Waals surface area contributed by atoms with E-state index >= 15 is 0 Å². The summed E-state index contributed by atoms with van der Waals surface area (Å²) in [4.78, 5) is 11.7. The summed E-state index contributed by atoms with van der Waals surface area (Å²) in [5, 5.41) is 0. The molecule has 0 aliphatic heterocycles. The van der Waals surface area contributed by atoms with Crippen LogP contribution in [0.2, 0.25) is 0 Å². The maximum Gasteiger partial charge on any atom is 0.313 e. The van der Waals surface area contributed by atoms with Crippen LogP contribution in [0.4, 0.5) is 0 Å². The minimum absolute atomic E-state index is 0.0384. The van der Waals surface area contributed by atoms with E-state index in [-0.39, 0.29) is 17.3 Å². The third-order valence-corrected chi connectivity index (χ3v) is 3.47. The van der Waals surface area contributed by atoms with Crippen LogP contribution < -0.4 is 0 Å². The van der Waals surface area contributed by atoms with Gasteiger partial charge in [0.25, 0.3) is 0 Å². The fourth-order valence-corrected chi connectivity index (χ4v) is 2.30. The third-order valence-electron chi connectivity index (χ3n) is 3.47. The second kappa shape index (κ2) is 3.76. The van der Waals surface area contributed by atoms with Crippen molar-refractivity contribution >= 4 is 5.97 Å². The van der Waals surface area contributed by atoms with Gasteiger partial charge in [-0.25, -0.2) is 0 Å². The Labute approximate surface area is 86.3 Å². The Kier molecular flexibility index (Phi) is 3.03. The van der Waals surface area contributed by atoms with Crippen molar-refractivity contribution in [1.29, 1.82) is 0 Å². The normalized spacial score (nSPS) is 26.2. The van der Waals surface area contributed by atoms with Crippen LogP contribution in [0.1, 0.15) is 40.5 Å². The first-order valence-electron chi connectivity index (χ1n) is 5.14. The number of allylic oxidation sites excluding steroid dienone is 1. The quantitative estimate of drug-likeness (QED) is 0.476. The Morgan fingerprint density at radius 2 is 2.00 bits per heavy atom. The highest BCUT2D eigenvalue weighted by atomic mass is 16.5. The molecule has 1 unspecified atom stereocenters. The summed E-state index contributed by atoms with van der Waals surface area (Å²) in [6, 6.07) is 0. The van der Waals surface area contributed by atoms with E-state index in [0.717, 1.165) is 12.8 Å². The molecule has 2 heteroatoms. The van der Waals surface area contributed by atoms with E-state index < -0.39 is 0 Å². The van der Waals surface area contributed by atoms with Crippen LogP contribution in [-0.4, -0.2) is 13.1 Å². The van der Waals surface area contributed by atoms with Gasteiger partial charge in [-0.05, 0) is 32.1 Å². The molecule has 80 valence electrons. The molecule has 0 bridgehead atoms. The van der Waals surface area contributed by atoms with Gasteiger partial charge < -0.3 is 4.74 Å². The smallest absolute Gasteiger partial charge is 0.313 e. The van der Waals surface area contributed by atoms with Crippen molar-refractivity contribution in [3.63, 3.8) is 0 Å². The van der Waals surface area contributed by atoms with E-state index in [4.69, 9.17) is 4.74 Å². The third kappa shape index (κ3) is 1.84. The molecular formula is C12H20O2. The highest BCUT2D eigenvalue weighted by Gasteiger charge is 2.40.